The summed E-state index contributed by atoms with van der Waals surface area (Å²) in [6.07, 6.45) is 0.0499. The molecule has 6 nitrogen and oxygen atoms in total. The first kappa shape index (κ1) is 15.6. The van der Waals surface area contributed by atoms with E-state index in [0.29, 0.717) is 26.3 Å². The largest absolute Gasteiger partial charge is 0.486 e. The molecule has 2 rings (SSSR count). The second-order valence-corrected chi connectivity index (χ2v) is 5.03. The van der Waals surface area contributed by atoms with E-state index in [1.807, 2.05) is 18.2 Å². The number of rotatable bonds is 6. The van der Waals surface area contributed by atoms with Crippen molar-refractivity contribution < 1.29 is 19.0 Å². The molecule has 116 valence electrons. The molecule has 1 atom stereocenters. The number of methoxy groups -OCH3 is 1. The SMILES string of the molecule is COC(CN)CC(=O)N(C)Cc1ccc2c(c1)OCCO2. The summed E-state index contributed by atoms with van der Waals surface area (Å²) in [6, 6.07) is 5.73. The molecule has 1 heterocycles. The second-order valence-electron chi connectivity index (χ2n) is 5.03. The molecule has 1 aliphatic rings. The van der Waals surface area contributed by atoms with Crippen LogP contribution in [-0.2, 0) is 16.1 Å². The molecular formula is C15H22N2O4. The number of hydrogen-bond donors (Lipinski definition) is 1. The van der Waals surface area contributed by atoms with E-state index in [1.165, 1.54) is 0 Å². The first-order chi connectivity index (χ1) is 10.1. The van der Waals surface area contributed by atoms with Gasteiger partial charge in [0.2, 0.25) is 5.91 Å². The van der Waals surface area contributed by atoms with Gasteiger partial charge in [0.15, 0.2) is 11.5 Å². The fourth-order valence-corrected chi connectivity index (χ4v) is 2.16. The van der Waals surface area contributed by atoms with E-state index in [0.717, 1.165) is 17.1 Å². The topological polar surface area (TPSA) is 74.0 Å². The van der Waals surface area contributed by atoms with Crippen LogP contribution in [0.5, 0.6) is 11.5 Å². The Morgan fingerprint density at radius 3 is 2.76 bits per heavy atom. The zero-order valence-corrected chi connectivity index (χ0v) is 12.5. The summed E-state index contributed by atoms with van der Waals surface area (Å²) in [4.78, 5) is 13.8. The van der Waals surface area contributed by atoms with E-state index >= 15 is 0 Å². The van der Waals surface area contributed by atoms with Crippen molar-refractivity contribution in [1.82, 2.24) is 4.90 Å². The summed E-state index contributed by atoms with van der Waals surface area (Å²) >= 11 is 0. The third kappa shape index (κ3) is 4.09. The summed E-state index contributed by atoms with van der Waals surface area (Å²) in [6.45, 7) is 1.97. The monoisotopic (exact) mass is 294 g/mol. The van der Waals surface area contributed by atoms with Crippen LogP contribution < -0.4 is 15.2 Å². The number of carbonyl (C=O) groups excluding carboxylic acids is 1. The average Bonchev–Trinajstić information content (AvgIpc) is 2.52. The van der Waals surface area contributed by atoms with Crippen LogP contribution in [0.25, 0.3) is 0 Å². The first-order valence-corrected chi connectivity index (χ1v) is 6.99. The molecule has 0 saturated carbocycles. The molecule has 0 spiro atoms. The third-order valence-electron chi connectivity index (χ3n) is 3.45. The number of nitrogens with two attached hydrogens (primary N) is 1. The van der Waals surface area contributed by atoms with Crippen molar-refractivity contribution in [2.24, 2.45) is 5.73 Å². The lowest BCUT2D eigenvalue weighted by Gasteiger charge is -2.22. The quantitative estimate of drug-likeness (QED) is 0.839. The lowest BCUT2D eigenvalue weighted by Crippen LogP contribution is -2.33. The number of nitrogens with zero attached hydrogens (tertiary/aromatic N) is 1. The zero-order valence-electron chi connectivity index (χ0n) is 12.5. The normalized spacial score (nSPS) is 14.6. The van der Waals surface area contributed by atoms with E-state index in [-0.39, 0.29) is 18.4 Å². The van der Waals surface area contributed by atoms with Crippen molar-refractivity contribution in [3.8, 4) is 11.5 Å². The van der Waals surface area contributed by atoms with Gasteiger partial charge < -0.3 is 24.8 Å². The fraction of sp³-hybridized carbons (Fsp3) is 0.533. The number of benzene rings is 1. The molecule has 0 aliphatic carbocycles. The molecule has 21 heavy (non-hydrogen) atoms. The third-order valence-corrected chi connectivity index (χ3v) is 3.45. The second kappa shape index (κ2) is 7.28. The van der Waals surface area contributed by atoms with Crippen molar-refractivity contribution >= 4 is 5.91 Å². The smallest absolute Gasteiger partial charge is 0.225 e. The molecule has 1 amide bonds. The maximum absolute atomic E-state index is 12.1. The molecule has 1 aromatic rings. The Kier molecular flexibility index (Phi) is 5.41. The molecule has 1 unspecified atom stereocenters. The average molecular weight is 294 g/mol. The number of ether oxygens (including phenoxy) is 3. The van der Waals surface area contributed by atoms with Crippen molar-refractivity contribution in [3.63, 3.8) is 0 Å². The van der Waals surface area contributed by atoms with E-state index < -0.39 is 0 Å². The Morgan fingerprint density at radius 1 is 1.38 bits per heavy atom. The predicted octanol–water partition coefficient (Wildman–Crippen LogP) is 0.780. The maximum atomic E-state index is 12.1. The predicted molar refractivity (Wildman–Crippen MR) is 78.4 cm³/mol. The Balaban J connectivity index is 1.95. The van der Waals surface area contributed by atoms with Gasteiger partial charge in [-0.2, -0.15) is 0 Å². The Morgan fingerprint density at radius 2 is 2.10 bits per heavy atom. The number of hydrogen-bond acceptors (Lipinski definition) is 5. The van der Waals surface area contributed by atoms with Crippen LogP contribution in [0, 0.1) is 0 Å². The number of fused-ring (bicyclic) bond motifs is 1. The lowest BCUT2D eigenvalue weighted by atomic mass is 10.1. The fourth-order valence-electron chi connectivity index (χ4n) is 2.16. The molecule has 0 saturated heterocycles. The van der Waals surface area contributed by atoms with E-state index in [1.54, 1.807) is 19.1 Å². The Hall–Kier alpha value is -1.79. The zero-order chi connectivity index (χ0) is 15.2. The maximum Gasteiger partial charge on any atom is 0.225 e. The van der Waals surface area contributed by atoms with Gasteiger partial charge in [-0.3, -0.25) is 4.79 Å². The van der Waals surface area contributed by atoms with Crippen LogP contribution in [0.2, 0.25) is 0 Å². The minimum absolute atomic E-state index is 0.00203. The Labute approximate surface area is 124 Å². The van der Waals surface area contributed by atoms with Crippen molar-refractivity contribution in [1.29, 1.82) is 0 Å². The summed E-state index contributed by atoms with van der Waals surface area (Å²) in [7, 11) is 3.33. The van der Waals surface area contributed by atoms with E-state index in [9.17, 15) is 4.79 Å². The molecule has 0 aromatic heterocycles. The summed E-state index contributed by atoms with van der Waals surface area (Å²) < 4.78 is 16.2. The van der Waals surface area contributed by atoms with Gasteiger partial charge in [0, 0.05) is 27.2 Å². The standard InChI is InChI=1S/C15H22N2O4/c1-17(15(18)8-12(9-16)19-2)10-11-3-4-13-14(7-11)21-6-5-20-13/h3-4,7,12H,5-6,8-10,16H2,1-2H3. The van der Waals surface area contributed by atoms with Gasteiger partial charge in [0.25, 0.3) is 0 Å². The van der Waals surface area contributed by atoms with Crippen LogP contribution in [-0.4, -0.2) is 50.8 Å². The van der Waals surface area contributed by atoms with Gasteiger partial charge in [0.05, 0.1) is 12.5 Å². The van der Waals surface area contributed by atoms with Crippen LogP contribution in [0.15, 0.2) is 18.2 Å². The van der Waals surface area contributed by atoms with Crippen molar-refractivity contribution in [3.05, 3.63) is 23.8 Å². The molecular weight excluding hydrogens is 272 g/mol. The van der Waals surface area contributed by atoms with Crippen LogP contribution in [0.1, 0.15) is 12.0 Å². The van der Waals surface area contributed by atoms with Gasteiger partial charge >= 0.3 is 0 Å². The van der Waals surface area contributed by atoms with Crippen LogP contribution in [0.4, 0.5) is 0 Å². The van der Waals surface area contributed by atoms with Gasteiger partial charge in [-0.05, 0) is 17.7 Å². The molecule has 1 aliphatic heterocycles. The highest BCUT2D eigenvalue weighted by Crippen LogP contribution is 2.31. The van der Waals surface area contributed by atoms with Crippen LogP contribution >= 0.6 is 0 Å². The van der Waals surface area contributed by atoms with Gasteiger partial charge in [-0.1, -0.05) is 6.07 Å². The number of amides is 1. The molecule has 1 aromatic carbocycles. The minimum Gasteiger partial charge on any atom is -0.486 e. The first-order valence-electron chi connectivity index (χ1n) is 6.99. The van der Waals surface area contributed by atoms with Gasteiger partial charge in [-0.15, -0.1) is 0 Å². The van der Waals surface area contributed by atoms with Gasteiger partial charge in [-0.25, -0.2) is 0 Å². The minimum atomic E-state index is -0.236. The highest BCUT2D eigenvalue weighted by molar-refractivity contribution is 5.76. The lowest BCUT2D eigenvalue weighted by molar-refractivity contribution is -0.132. The summed E-state index contributed by atoms with van der Waals surface area (Å²) in [5.74, 6) is 1.49. The number of carbonyl (C=O) groups is 1. The summed E-state index contributed by atoms with van der Waals surface area (Å²) in [5, 5.41) is 0. The summed E-state index contributed by atoms with van der Waals surface area (Å²) in [5.41, 5.74) is 6.53. The van der Waals surface area contributed by atoms with Gasteiger partial charge in [0.1, 0.15) is 13.2 Å². The van der Waals surface area contributed by atoms with E-state index in [2.05, 4.69) is 0 Å². The molecule has 0 fully saturated rings. The Bertz CT molecular complexity index is 489. The molecule has 0 radical (unpaired) electrons. The van der Waals surface area contributed by atoms with Crippen molar-refractivity contribution in [2.75, 3.05) is 33.9 Å². The van der Waals surface area contributed by atoms with Crippen LogP contribution in [0.3, 0.4) is 0 Å². The van der Waals surface area contributed by atoms with Crippen molar-refractivity contribution in [2.45, 2.75) is 19.1 Å². The molecule has 0 bridgehead atoms. The molecule has 2 N–H and O–H groups in total. The highest BCUT2D eigenvalue weighted by atomic mass is 16.6. The molecule has 6 heteroatoms. The highest BCUT2D eigenvalue weighted by Gasteiger charge is 2.17. The van der Waals surface area contributed by atoms with E-state index in [4.69, 9.17) is 19.9 Å².